The van der Waals surface area contributed by atoms with Crippen molar-refractivity contribution in [3.05, 3.63) is 40.9 Å². The lowest BCUT2D eigenvalue weighted by Gasteiger charge is -2.10. The molecule has 0 saturated carbocycles. The molecule has 0 spiro atoms. The first-order valence-electron chi connectivity index (χ1n) is 6.33. The van der Waals surface area contributed by atoms with Gasteiger partial charge in [-0.2, -0.15) is 0 Å². The van der Waals surface area contributed by atoms with Gasteiger partial charge in [0.15, 0.2) is 0 Å². The monoisotopic (exact) mass is 287 g/mol. The highest BCUT2D eigenvalue weighted by Crippen LogP contribution is 2.29. The van der Waals surface area contributed by atoms with Gasteiger partial charge in [0.1, 0.15) is 5.51 Å². The Kier molecular flexibility index (Phi) is 3.31. The van der Waals surface area contributed by atoms with Gasteiger partial charge in [-0.3, -0.25) is 9.59 Å². The number of aryl methyl sites for hydroxylation is 1. The molecule has 1 aliphatic heterocycles. The highest BCUT2D eigenvalue weighted by molar-refractivity contribution is 7.13. The van der Waals surface area contributed by atoms with Crippen molar-refractivity contribution in [2.24, 2.45) is 5.92 Å². The van der Waals surface area contributed by atoms with Gasteiger partial charge in [0.25, 0.3) is 0 Å². The minimum absolute atomic E-state index is 0.174. The van der Waals surface area contributed by atoms with Crippen LogP contribution in [-0.4, -0.2) is 22.0 Å². The Bertz CT molecular complexity index is 637. The maximum Gasteiger partial charge on any atom is 0.239 e. The lowest BCUT2D eigenvalue weighted by atomic mass is 9.97. The van der Waals surface area contributed by atoms with Crippen molar-refractivity contribution in [3.8, 4) is 0 Å². The number of rotatable bonds is 3. The fraction of sp³-hybridized carbons (Fsp3) is 0.286. The van der Waals surface area contributed by atoms with Gasteiger partial charge in [-0.25, -0.2) is 4.90 Å². The minimum Gasteiger partial charge on any atom is -0.274 e. The van der Waals surface area contributed by atoms with Crippen LogP contribution in [0.5, 0.6) is 0 Å². The topological polar surface area (TPSA) is 63.2 Å². The van der Waals surface area contributed by atoms with E-state index in [1.165, 1.54) is 22.4 Å². The normalized spacial score (nSPS) is 18.9. The van der Waals surface area contributed by atoms with Gasteiger partial charge < -0.3 is 0 Å². The van der Waals surface area contributed by atoms with E-state index in [1.807, 2.05) is 31.2 Å². The van der Waals surface area contributed by atoms with Gasteiger partial charge in [-0.05, 0) is 18.9 Å². The molecule has 2 aromatic rings. The molecule has 0 N–H and O–H groups in total. The van der Waals surface area contributed by atoms with Crippen LogP contribution >= 0.6 is 11.3 Å². The Morgan fingerprint density at radius 1 is 1.30 bits per heavy atom. The standard InChI is InChI=1S/C14H13N3O2S/c1-9-2-4-10(5-3-9)6-11-7-12(18)17(13(11)19)14-16-15-8-20-14/h2-5,8,11H,6-7H2,1H3. The summed E-state index contributed by atoms with van der Waals surface area (Å²) in [5, 5.41) is 7.85. The van der Waals surface area contributed by atoms with E-state index in [4.69, 9.17) is 0 Å². The van der Waals surface area contributed by atoms with Crippen molar-refractivity contribution in [1.82, 2.24) is 10.2 Å². The molecule has 102 valence electrons. The number of hydrogen-bond acceptors (Lipinski definition) is 5. The molecule has 1 saturated heterocycles. The summed E-state index contributed by atoms with van der Waals surface area (Å²) in [7, 11) is 0. The molecule has 6 heteroatoms. The number of carbonyl (C=O) groups excluding carboxylic acids is 2. The van der Waals surface area contributed by atoms with E-state index in [9.17, 15) is 9.59 Å². The van der Waals surface area contributed by atoms with E-state index in [1.54, 1.807) is 0 Å². The third-order valence-corrected chi connectivity index (χ3v) is 4.06. The number of amides is 2. The van der Waals surface area contributed by atoms with E-state index in [0.29, 0.717) is 11.6 Å². The molecule has 3 rings (SSSR count). The lowest BCUT2D eigenvalue weighted by molar-refractivity contribution is -0.122. The largest absolute Gasteiger partial charge is 0.274 e. The van der Waals surface area contributed by atoms with Crippen LogP contribution in [0.4, 0.5) is 5.13 Å². The van der Waals surface area contributed by atoms with Gasteiger partial charge in [0.05, 0.1) is 5.92 Å². The third kappa shape index (κ3) is 2.34. The summed E-state index contributed by atoms with van der Waals surface area (Å²) in [5.41, 5.74) is 3.77. The van der Waals surface area contributed by atoms with Gasteiger partial charge in [-0.1, -0.05) is 41.2 Å². The van der Waals surface area contributed by atoms with Crippen LogP contribution in [0.1, 0.15) is 17.5 Å². The molecule has 5 nitrogen and oxygen atoms in total. The number of hydrogen-bond donors (Lipinski definition) is 0. The van der Waals surface area contributed by atoms with Crippen LogP contribution in [-0.2, 0) is 16.0 Å². The molecule has 1 fully saturated rings. The van der Waals surface area contributed by atoms with Crippen molar-refractivity contribution in [2.75, 3.05) is 4.90 Å². The van der Waals surface area contributed by atoms with Crippen molar-refractivity contribution in [2.45, 2.75) is 19.8 Å². The zero-order valence-corrected chi connectivity index (χ0v) is 11.8. The Hall–Kier alpha value is -2.08. The molecular weight excluding hydrogens is 274 g/mol. The number of nitrogens with zero attached hydrogens (tertiary/aromatic N) is 3. The fourth-order valence-electron chi connectivity index (χ4n) is 2.33. The quantitative estimate of drug-likeness (QED) is 0.810. The molecule has 20 heavy (non-hydrogen) atoms. The smallest absolute Gasteiger partial charge is 0.239 e. The highest BCUT2D eigenvalue weighted by Gasteiger charge is 2.40. The molecule has 0 radical (unpaired) electrons. The van der Waals surface area contributed by atoms with Crippen LogP contribution in [0.2, 0.25) is 0 Å². The van der Waals surface area contributed by atoms with Gasteiger partial charge in [-0.15, -0.1) is 10.2 Å². The van der Waals surface area contributed by atoms with E-state index >= 15 is 0 Å². The highest BCUT2D eigenvalue weighted by atomic mass is 32.1. The Morgan fingerprint density at radius 2 is 2.05 bits per heavy atom. The maximum atomic E-state index is 12.3. The predicted molar refractivity (Wildman–Crippen MR) is 75.4 cm³/mol. The molecule has 1 aromatic carbocycles. The molecule has 0 bridgehead atoms. The van der Waals surface area contributed by atoms with Crippen LogP contribution in [0.3, 0.4) is 0 Å². The Balaban J connectivity index is 1.78. The van der Waals surface area contributed by atoms with Crippen LogP contribution in [0, 0.1) is 12.8 Å². The minimum atomic E-state index is -0.297. The molecule has 1 unspecified atom stereocenters. The number of anilines is 1. The summed E-state index contributed by atoms with van der Waals surface area (Å²) in [6, 6.07) is 8.03. The Labute approximate surface area is 120 Å². The zero-order valence-electron chi connectivity index (χ0n) is 10.9. The summed E-state index contributed by atoms with van der Waals surface area (Å²) in [6.45, 7) is 2.02. The van der Waals surface area contributed by atoms with E-state index < -0.39 is 0 Å². The summed E-state index contributed by atoms with van der Waals surface area (Å²) in [5.74, 6) is -0.662. The predicted octanol–water partition coefficient (Wildman–Crippen LogP) is 1.97. The average Bonchev–Trinajstić information content (AvgIpc) is 3.02. The lowest BCUT2D eigenvalue weighted by Crippen LogP contribution is -2.30. The maximum absolute atomic E-state index is 12.3. The average molecular weight is 287 g/mol. The molecule has 0 aliphatic carbocycles. The van der Waals surface area contributed by atoms with E-state index in [2.05, 4.69) is 10.2 Å². The van der Waals surface area contributed by atoms with Crippen molar-refractivity contribution >= 4 is 28.3 Å². The molecule has 2 amide bonds. The second-order valence-corrected chi connectivity index (χ2v) is 5.69. The number of imide groups is 1. The summed E-state index contributed by atoms with van der Waals surface area (Å²) < 4.78 is 0. The molecule has 2 heterocycles. The second kappa shape index (κ2) is 5.13. The van der Waals surface area contributed by atoms with Crippen LogP contribution in [0.25, 0.3) is 0 Å². The first-order valence-corrected chi connectivity index (χ1v) is 7.21. The van der Waals surface area contributed by atoms with Crippen LogP contribution in [0.15, 0.2) is 29.8 Å². The zero-order chi connectivity index (χ0) is 14.1. The molecule has 1 aliphatic rings. The number of benzene rings is 1. The summed E-state index contributed by atoms with van der Waals surface area (Å²) in [6.07, 6.45) is 0.826. The SMILES string of the molecule is Cc1ccc(CC2CC(=O)N(c3nncs3)C2=O)cc1. The second-order valence-electron chi connectivity index (χ2n) is 4.88. The molecule has 1 aromatic heterocycles. The third-order valence-electron chi connectivity index (χ3n) is 3.38. The van der Waals surface area contributed by atoms with Gasteiger partial charge in [0.2, 0.25) is 16.9 Å². The van der Waals surface area contributed by atoms with E-state index in [0.717, 1.165) is 10.5 Å². The van der Waals surface area contributed by atoms with Gasteiger partial charge >= 0.3 is 0 Å². The van der Waals surface area contributed by atoms with Crippen molar-refractivity contribution in [3.63, 3.8) is 0 Å². The summed E-state index contributed by atoms with van der Waals surface area (Å²) >= 11 is 1.20. The van der Waals surface area contributed by atoms with Crippen LogP contribution < -0.4 is 4.90 Å². The first kappa shape index (κ1) is 12.9. The Morgan fingerprint density at radius 3 is 2.70 bits per heavy atom. The van der Waals surface area contributed by atoms with Crippen molar-refractivity contribution < 1.29 is 9.59 Å². The number of aromatic nitrogens is 2. The fourth-order valence-corrected chi connectivity index (χ4v) is 2.91. The van der Waals surface area contributed by atoms with E-state index in [-0.39, 0.29) is 24.2 Å². The molecule has 1 atom stereocenters. The van der Waals surface area contributed by atoms with Gasteiger partial charge in [0, 0.05) is 6.42 Å². The summed E-state index contributed by atoms with van der Waals surface area (Å²) in [4.78, 5) is 25.5. The number of carbonyl (C=O) groups is 2. The van der Waals surface area contributed by atoms with Crippen molar-refractivity contribution in [1.29, 1.82) is 0 Å². The first-order chi connectivity index (χ1) is 9.65. The molecular formula is C14H13N3O2S.